The van der Waals surface area contributed by atoms with Crippen LogP contribution in [-0.2, 0) is 13.0 Å². The van der Waals surface area contributed by atoms with E-state index < -0.39 is 0 Å². The summed E-state index contributed by atoms with van der Waals surface area (Å²) in [5.74, 6) is 1.21. The molecule has 3 heteroatoms. The lowest BCUT2D eigenvalue weighted by molar-refractivity contribution is 0.260. The van der Waals surface area contributed by atoms with Gasteiger partial charge >= 0.3 is 0 Å². The van der Waals surface area contributed by atoms with Crippen molar-refractivity contribution < 1.29 is 4.74 Å². The number of ether oxygens (including phenoxy) is 1. The molecule has 0 amide bonds. The quantitative estimate of drug-likeness (QED) is 0.806. The highest BCUT2D eigenvalue weighted by molar-refractivity contribution is 5.25. The van der Waals surface area contributed by atoms with Crippen molar-refractivity contribution >= 4 is 0 Å². The molecule has 0 unspecified atom stereocenters. The Morgan fingerprint density at radius 1 is 1.40 bits per heavy atom. The zero-order chi connectivity index (χ0) is 11.3. The smallest absolute Gasteiger partial charge is 0.213 e. The molecule has 0 aliphatic heterocycles. The van der Waals surface area contributed by atoms with E-state index in [1.54, 1.807) is 0 Å². The van der Waals surface area contributed by atoms with Crippen molar-refractivity contribution in [2.75, 3.05) is 6.61 Å². The Balaban J connectivity index is 2.77. The Kier molecular flexibility index (Phi) is 4.56. The number of hydrogen-bond acceptors (Lipinski definition) is 3. The second-order valence-electron chi connectivity index (χ2n) is 4.07. The average molecular weight is 208 g/mol. The van der Waals surface area contributed by atoms with Gasteiger partial charge in [-0.3, -0.25) is 0 Å². The molecule has 0 aliphatic carbocycles. The number of nitrogens with two attached hydrogens (primary N) is 1. The van der Waals surface area contributed by atoms with Gasteiger partial charge < -0.3 is 10.5 Å². The first-order valence-corrected chi connectivity index (χ1v) is 5.48. The van der Waals surface area contributed by atoms with Crippen LogP contribution in [0.1, 0.15) is 32.0 Å². The van der Waals surface area contributed by atoms with Crippen LogP contribution in [0.15, 0.2) is 12.1 Å². The zero-order valence-electron chi connectivity index (χ0n) is 9.79. The van der Waals surface area contributed by atoms with Gasteiger partial charge in [0.1, 0.15) is 0 Å². The first-order valence-electron chi connectivity index (χ1n) is 5.48. The highest BCUT2D eigenvalue weighted by atomic mass is 16.5. The number of pyridine rings is 1. The number of rotatable bonds is 5. The maximum absolute atomic E-state index is 5.61. The van der Waals surface area contributed by atoms with Crippen LogP contribution < -0.4 is 10.5 Å². The van der Waals surface area contributed by atoms with Crippen molar-refractivity contribution in [1.29, 1.82) is 0 Å². The predicted molar refractivity (Wildman–Crippen MR) is 61.8 cm³/mol. The van der Waals surface area contributed by atoms with Crippen LogP contribution in [-0.4, -0.2) is 11.6 Å². The van der Waals surface area contributed by atoms with Crippen LogP contribution in [0, 0.1) is 5.92 Å². The van der Waals surface area contributed by atoms with Crippen LogP contribution in [0.25, 0.3) is 0 Å². The van der Waals surface area contributed by atoms with Gasteiger partial charge in [0.05, 0.1) is 6.61 Å². The Labute approximate surface area is 91.7 Å². The lowest BCUT2D eigenvalue weighted by Gasteiger charge is -2.10. The fourth-order valence-electron chi connectivity index (χ4n) is 1.25. The largest absolute Gasteiger partial charge is 0.477 e. The summed E-state index contributed by atoms with van der Waals surface area (Å²) in [6, 6.07) is 3.95. The molecule has 0 aliphatic rings. The summed E-state index contributed by atoms with van der Waals surface area (Å²) in [6.45, 7) is 7.55. The Morgan fingerprint density at radius 2 is 2.13 bits per heavy atom. The summed E-state index contributed by atoms with van der Waals surface area (Å²) in [6.07, 6.45) is 0.909. The highest BCUT2D eigenvalue weighted by Crippen LogP contribution is 2.13. The summed E-state index contributed by atoms with van der Waals surface area (Å²) in [5.41, 5.74) is 7.74. The van der Waals surface area contributed by atoms with E-state index in [2.05, 4.69) is 25.8 Å². The molecule has 1 aromatic heterocycles. The summed E-state index contributed by atoms with van der Waals surface area (Å²) in [5, 5.41) is 0. The molecule has 0 aromatic carbocycles. The molecule has 0 atom stereocenters. The predicted octanol–water partition coefficient (Wildman–Crippen LogP) is 2.14. The summed E-state index contributed by atoms with van der Waals surface area (Å²) in [4.78, 5) is 4.39. The van der Waals surface area contributed by atoms with E-state index in [4.69, 9.17) is 10.5 Å². The van der Waals surface area contributed by atoms with Crippen molar-refractivity contribution in [3.05, 3.63) is 23.4 Å². The van der Waals surface area contributed by atoms with Crippen molar-refractivity contribution in [2.45, 2.75) is 33.7 Å². The average Bonchev–Trinajstić information content (AvgIpc) is 2.25. The topological polar surface area (TPSA) is 48.1 Å². The molecule has 1 aromatic rings. The van der Waals surface area contributed by atoms with Crippen LogP contribution in [0.3, 0.4) is 0 Å². The van der Waals surface area contributed by atoms with Crippen LogP contribution in [0.4, 0.5) is 0 Å². The van der Waals surface area contributed by atoms with E-state index in [0.29, 0.717) is 24.9 Å². The third-order valence-electron chi connectivity index (χ3n) is 2.08. The van der Waals surface area contributed by atoms with Gasteiger partial charge in [-0.15, -0.1) is 0 Å². The summed E-state index contributed by atoms with van der Waals surface area (Å²) < 4.78 is 5.59. The lowest BCUT2D eigenvalue weighted by Crippen LogP contribution is -2.08. The molecule has 0 fully saturated rings. The molecule has 1 heterocycles. The maximum Gasteiger partial charge on any atom is 0.213 e. The van der Waals surface area contributed by atoms with Gasteiger partial charge in [-0.1, -0.05) is 20.8 Å². The second-order valence-corrected chi connectivity index (χ2v) is 4.07. The third-order valence-corrected chi connectivity index (χ3v) is 2.08. The van der Waals surface area contributed by atoms with Gasteiger partial charge in [-0.25, -0.2) is 4.98 Å². The van der Waals surface area contributed by atoms with Gasteiger partial charge in [0.15, 0.2) is 0 Å². The standard InChI is InChI=1S/C12H20N2O/c1-4-11-5-10(7-13)6-12(14-11)15-8-9(2)3/h5-6,9H,4,7-8,13H2,1-3H3. The number of aryl methyl sites for hydroxylation is 1. The minimum Gasteiger partial charge on any atom is -0.477 e. The molecular formula is C12H20N2O. The van der Waals surface area contributed by atoms with E-state index in [9.17, 15) is 0 Å². The molecule has 3 nitrogen and oxygen atoms in total. The fraction of sp³-hybridized carbons (Fsp3) is 0.583. The Morgan fingerprint density at radius 3 is 2.67 bits per heavy atom. The van der Waals surface area contributed by atoms with Crippen molar-refractivity contribution in [3.63, 3.8) is 0 Å². The van der Waals surface area contributed by atoms with Gasteiger partial charge in [0, 0.05) is 18.3 Å². The van der Waals surface area contributed by atoms with E-state index in [1.165, 1.54) is 0 Å². The molecule has 0 radical (unpaired) electrons. The Hall–Kier alpha value is -1.09. The van der Waals surface area contributed by atoms with E-state index in [1.807, 2.05) is 12.1 Å². The minimum atomic E-state index is 0.512. The summed E-state index contributed by atoms with van der Waals surface area (Å²) in [7, 11) is 0. The normalized spacial score (nSPS) is 10.7. The van der Waals surface area contributed by atoms with Crippen molar-refractivity contribution in [2.24, 2.45) is 11.7 Å². The van der Waals surface area contributed by atoms with Gasteiger partial charge in [-0.2, -0.15) is 0 Å². The minimum absolute atomic E-state index is 0.512. The van der Waals surface area contributed by atoms with Gasteiger partial charge in [0.25, 0.3) is 0 Å². The number of hydrogen-bond donors (Lipinski definition) is 1. The highest BCUT2D eigenvalue weighted by Gasteiger charge is 2.03. The van der Waals surface area contributed by atoms with Gasteiger partial charge in [0.2, 0.25) is 5.88 Å². The molecule has 0 saturated heterocycles. The molecule has 1 rings (SSSR count). The van der Waals surface area contributed by atoms with Gasteiger partial charge in [-0.05, 0) is 24.0 Å². The molecule has 2 N–H and O–H groups in total. The second kappa shape index (κ2) is 5.71. The number of nitrogens with zero attached hydrogens (tertiary/aromatic N) is 1. The molecular weight excluding hydrogens is 188 g/mol. The molecule has 0 spiro atoms. The first kappa shape index (κ1) is 12.0. The molecule has 15 heavy (non-hydrogen) atoms. The molecule has 0 saturated carbocycles. The van der Waals surface area contributed by atoms with Crippen LogP contribution in [0.2, 0.25) is 0 Å². The lowest BCUT2D eigenvalue weighted by atomic mass is 10.2. The Bertz CT molecular complexity index is 288. The number of aromatic nitrogens is 1. The van der Waals surface area contributed by atoms with Crippen molar-refractivity contribution in [1.82, 2.24) is 4.98 Å². The summed E-state index contributed by atoms with van der Waals surface area (Å²) >= 11 is 0. The van der Waals surface area contributed by atoms with E-state index in [-0.39, 0.29) is 0 Å². The van der Waals surface area contributed by atoms with E-state index >= 15 is 0 Å². The van der Waals surface area contributed by atoms with Crippen LogP contribution in [0.5, 0.6) is 5.88 Å². The third kappa shape index (κ3) is 3.88. The SMILES string of the molecule is CCc1cc(CN)cc(OCC(C)C)n1. The monoisotopic (exact) mass is 208 g/mol. The first-order chi connectivity index (χ1) is 7.15. The fourth-order valence-corrected chi connectivity index (χ4v) is 1.25. The zero-order valence-corrected chi connectivity index (χ0v) is 9.79. The molecule has 84 valence electrons. The van der Waals surface area contributed by atoms with Crippen molar-refractivity contribution in [3.8, 4) is 5.88 Å². The van der Waals surface area contributed by atoms with E-state index in [0.717, 1.165) is 17.7 Å². The maximum atomic E-state index is 5.61. The van der Waals surface area contributed by atoms with Crippen LogP contribution >= 0.6 is 0 Å². The molecule has 0 bridgehead atoms.